The largest absolute Gasteiger partial charge is 0.354 e. The Labute approximate surface area is 139 Å². The molecule has 2 saturated carbocycles. The van der Waals surface area contributed by atoms with Gasteiger partial charge in [-0.2, -0.15) is 0 Å². The minimum atomic E-state index is -0.124. The zero-order valence-corrected chi connectivity index (χ0v) is 14.2. The summed E-state index contributed by atoms with van der Waals surface area (Å²) in [5, 5.41) is 5.63. The van der Waals surface area contributed by atoms with Gasteiger partial charge in [-0.1, -0.05) is 19.8 Å². The lowest BCUT2D eigenvalue weighted by atomic mass is 9.78. The second kappa shape index (κ2) is 9.04. The first-order valence-corrected chi connectivity index (χ1v) is 9.12. The maximum absolute atomic E-state index is 11.9. The molecule has 2 aliphatic rings. The number of aldehydes is 1. The van der Waals surface area contributed by atoms with E-state index in [0.29, 0.717) is 43.1 Å². The lowest BCUT2D eigenvalue weighted by molar-refractivity contribution is -0.126. The van der Waals surface area contributed by atoms with Crippen LogP contribution in [0.3, 0.4) is 0 Å². The van der Waals surface area contributed by atoms with Crippen LogP contribution in [0.1, 0.15) is 58.3 Å². The summed E-state index contributed by atoms with van der Waals surface area (Å²) < 4.78 is 0. The highest BCUT2D eigenvalue weighted by Crippen LogP contribution is 2.52. The normalized spacial score (nSPS) is 28.6. The molecule has 0 saturated heterocycles. The molecule has 2 rings (SSSR count). The summed E-state index contributed by atoms with van der Waals surface area (Å²) in [6.07, 6.45) is 8.83. The summed E-state index contributed by atoms with van der Waals surface area (Å²) in [6.45, 7) is 2.80. The molecular formula is C18H30N2O3. The predicted molar refractivity (Wildman–Crippen MR) is 88.7 cm³/mol. The minimum absolute atomic E-state index is 0.0487. The van der Waals surface area contributed by atoms with E-state index in [-0.39, 0.29) is 18.4 Å². The van der Waals surface area contributed by atoms with E-state index >= 15 is 0 Å². The molecule has 0 spiro atoms. The molecule has 0 heterocycles. The third-order valence-corrected chi connectivity index (χ3v) is 5.63. The lowest BCUT2D eigenvalue weighted by Gasteiger charge is -2.30. The zero-order valence-electron chi connectivity index (χ0n) is 14.2. The summed E-state index contributed by atoms with van der Waals surface area (Å²) in [5.74, 6) is 2.03. The van der Waals surface area contributed by atoms with Gasteiger partial charge in [0.2, 0.25) is 11.8 Å². The van der Waals surface area contributed by atoms with Gasteiger partial charge in [-0.3, -0.25) is 9.59 Å². The molecule has 0 aliphatic heterocycles. The van der Waals surface area contributed by atoms with Crippen LogP contribution in [0.25, 0.3) is 0 Å². The topological polar surface area (TPSA) is 75.3 Å². The highest BCUT2D eigenvalue weighted by molar-refractivity contribution is 5.84. The van der Waals surface area contributed by atoms with Crippen molar-refractivity contribution in [2.75, 3.05) is 13.1 Å². The van der Waals surface area contributed by atoms with E-state index in [1.54, 1.807) is 0 Å². The zero-order chi connectivity index (χ0) is 16.7. The fraction of sp³-hybridized carbons (Fsp3) is 0.833. The first kappa shape index (κ1) is 18.0. The van der Waals surface area contributed by atoms with E-state index in [1.165, 1.54) is 19.3 Å². The van der Waals surface area contributed by atoms with E-state index < -0.39 is 0 Å². The molecule has 0 aromatic carbocycles. The van der Waals surface area contributed by atoms with E-state index in [2.05, 4.69) is 17.6 Å². The van der Waals surface area contributed by atoms with Crippen molar-refractivity contribution in [1.29, 1.82) is 0 Å². The number of carbonyl (C=O) groups is 3. The van der Waals surface area contributed by atoms with Crippen LogP contribution < -0.4 is 10.6 Å². The van der Waals surface area contributed by atoms with E-state index in [4.69, 9.17) is 0 Å². The molecule has 2 N–H and O–H groups in total. The van der Waals surface area contributed by atoms with Crippen LogP contribution in [-0.4, -0.2) is 31.2 Å². The van der Waals surface area contributed by atoms with Gasteiger partial charge in [0.25, 0.3) is 0 Å². The molecule has 0 unspecified atom stereocenters. The Balaban J connectivity index is 1.66. The number of fused-ring (bicyclic) bond motifs is 2. The Bertz CT molecular complexity index is 424. The van der Waals surface area contributed by atoms with Crippen molar-refractivity contribution < 1.29 is 14.4 Å². The summed E-state index contributed by atoms with van der Waals surface area (Å²) in [4.78, 5) is 34.4. The number of hydrogen-bond acceptors (Lipinski definition) is 3. The molecule has 0 aromatic heterocycles. The summed E-state index contributed by atoms with van der Waals surface area (Å²) in [5.41, 5.74) is 0. The van der Waals surface area contributed by atoms with Crippen LogP contribution in [0.4, 0.5) is 0 Å². The van der Waals surface area contributed by atoms with Crippen LogP contribution in [0, 0.1) is 23.7 Å². The van der Waals surface area contributed by atoms with E-state index in [0.717, 1.165) is 25.5 Å². The molecule has 5 heteroatoms. The van der Waals surface area contributed by atoms with Crippen molar-refractivity contribution in [2.24, 2.45) is 23.7 Å². The Morgan fingerprint density at radius 1 is 1.04 bits per heavy atom. The SMILES string of the molecule is CCCCCC(=O)NCC(=O)NC[C@H]1[C@H]2CC[C@H](C2)[C@H]1CC=O. The highest BCUT2D eigenvalue weighted by Gasteiger charge is 2.46. The van der Waals surface area contributed by atoms with Crippen molar-refractivity contribution in [3.05, 3.63) is 0 Å². The Morgan fingerprint density at radius 2 is 1.78 bits per heavy atom. The number of amides is 2. The highest BCUT2D eigenvalue weighted by atomic mass is 16.2. The van der Waals surface area contributed by atoms with Gasteiger partial charge >= 0.3 is 0 Å². The smallest absolute Gasteiger partial charge is 0.239 e. The van der Waals surface area contributed by atoms with E-state index in [9.17, 15) is 14.4 Å². The van der Waals surface area contributed by atoms with Gasteiger partial charge in [-0.05, 0) is 49.4 Å². The average Bonchev–Trinajstić information content (AvgIpc) is 3.13. The van der Waals surface area contributed by atoms with Gasteiger partial charge < -0.3 is 15.4 Å². The molecule has 2 fully saturated rings. The molecule has 4 atom stereocenters. The summed E-state index contributed by atoms with van der Waals surface area (Å²) in [6, 6.07) is 0. The number of unbranched alkanes of at least 4 members (excludes halogenated alkanes) is 2. The number of carbonyl (C=O) groups excluding carboxylic acids is 3. The fourth-order valence-corrected chi connectivity index (χ4v) is 4.42. The van der Waals surface area contributed by atoms with Crippen LogP contribution in [0.15, 0.2) is 0 Å². The van der Waals surface area contributed by atoms with Gasteiger partial charge in [0, 0.05) is 19.4 Å². The minimum Gasteiger partial charge on any atom is -0.354 e. The van der Waals surface area contributed by atoms with Crippen molar-refractivity contribution in [2.45, 2.75) is 58.3 Å². The maximum atomic E-state index is 11.9. The Morgan fingerprint density at radius 3 is 2.48 bits per heavy atom. The van der Waals surface area contributed by atoms with Gasteiger partial charge in [-0.15, -0.1) is 0 Å². The molecule has 0 aromatic rings. The van der Waals surface area contributed by atoms with Crippen molar-refractivity contribution in [1.82, 2.24) is 10.6 Å². The third kappa shape index (κ3) is 5.05. The van der Waals surface area contributed by atoms with Gasteiger partial charge in [0.1, 0.15) is 6.29 Å². The van der Waals surface area contributed by atoms with Gasteiger partial charge in [-0.25, -0.2) is 0 Å². The van der Waals surface area contributed by atoms with Gasteiger partial charge in [0.15, 0.2) is 0 Å². The molecule has 130 valence electrons. The first-order chi connectivity index (χ1) is 11.2. The Hall–Kier alpha value is -1.39. The maximum Gasteiger partial charge on any atom is 0.239 e. The van der Waals surface area contributed by atoms with Gasteiger partial charge in [0.05, 0.1) is 6.54 Å². The van der Waals surface area contributed by atoms with Crippen LogP contribution in [-0.2, 0) is 14.4 Å². The van der Waals surface area contributed by atoms with Crippen molar-refractivity contribution in [3.8, 4) is 0 Å². The molecule has 2 bridgehead atoms. The number of rotatable bonds is 10. The number of nitrogens with one attached hydrogen (secondary N) is 2. The van der Waals surface area contributed by atoms with Crippen molar-refractivity contribution >= 4 is 18.1 Å². The van der Waals surface area contributed by atoms with Crippen LogP contribution in [0.5, 0.6) is 0 Å². The molecule has 23 heavy (non-hydrogen) atoms. The van der Waals surface area contributed by atoms with Crippen LogP contribution in [0.2, 0.25) is 0 Å². The first-order valence-electron chi connectivity index (χ1n) is 9.12. The molecular weight excluding hydrogens is 292 g/mol. The Kier molecular flexibility index (Phi) is 7.06. The van der Waals surface area contributed by atoms with E-state index in [1.807, 2.05) is 0 Å². The summed E-state index contributed by atoms with van der Waals surface area (Å²) in [7, 11) is 0. The predicted octanol–water partition coefficient (Wildman–Crippen LogP) is 2.05. The van der Waals surface area contributed by atoms with Crippen molar-refractivity contribution in [3.63, 3.8) is 0 Å². The molecule has 2 aliphatic carbocycles. The molecule has 5 nitrogen and oxygen atoms in total. The third-order valence-electron chi connectivity index (χ3n) is 5.63. The van der Waals surface area contributed by atoms with Crippen LogP contribution >= 0.6 is 0 Å². The lowest BCUT2D eigenvalue weighted by Crippen LogP contribution is -2.41. The average molecular weight is 322 g/mol. The quantitative estimate of drug-likeness (QED) is 0.477. The summed E-state index contributed by atoms with van der Waals surface area (Å²) >= 11 is 0. The molecule has 2 amide bonds. The molecule has 0 radical (unpaired) electrons. The fourth-order valence-electron chi connectivity index (χ4n) is 4.42. The monoisotopic (exact) mass is 322 g/mol. The standard InChI is InChI=1S/C18H30N2O3/c1-2-3-4-5-17(22)20-12-18(23)19-11-16-14-7-6-13(10-14)15(16)8-9-21/h9,13-16H,2-8,10-12H2,1H3,(H,19,23)(H,20,22)/t13-,14+,15-,16+/m1/s1. The number of hydrogen-bond donors (Lipinski definition) is 2. The second-order valence-electron chi connectivity index (χ2n) is 7.10. The second-order valence-corrected chi connectivity index (χ2v) is 7.10.